The van der Waals surface area contributed by atoms with Crippen molar-refractivity contribution < 1.29 is 9.21 Å². The highest BCUT2D eigenvalue weighted by atomic mass is 35.5. The van der Waals surface area contributed by atoms with E-state index < -0.39 is 0 Å². The van der Waals surface area contributed by atoms with Gasteiger partial charge >= 0.3 is 6.01 Å². The summed E-state index contributed by atoms with van der Waals surface area (Å²) in [5, 5.41) is 7.45. The minimum Gasteiger partial charge on any atom is -0.407 e. The van der Waals surface area contributed by atoms with Gasteiger partial charge in [-0.3, -0.25) is 4.79 Å². The van der Waals surface area contributed by atoms with Crippen LogP contribution in [0.5, 0.6) is 0 Å². The van der Waals surface area contributed by atoms with Gasteiger partial charge in [0.1, 0.15) is 11.9 Å². The number of primary amides is 1. The molecule has 1 amide bonds. The number of alkyl halides is 1. The predicted molar refractivity (Wildman–Crippen MR) is 48.8 cm³/mol. The molecule has 7 heteroatoms. The van der Waals surface area contributed by atoms with Gasteiger partial charge in [-0.1, -0.05) is 5.10 Å². The lowest BCUT2D eigenvalue weighted by Gasteiger charge is -2.36. The Kier molecular flexibility index (Phi) is 2.28. The summed E-state index contributed by atoms with van der Waals surface area (Å²) in [5.74, 6) is 0.140. The molecule has 0 aromatic carbocycles. The zero-order valence-electron chi connectivity index (χ0n) is 7.31. The van der Waals surface area contributed by atoms with Crippen LogP contribution < -0.4 is 10.6 Å². The number of halogens is 1. The van der Waals surface area contributed by atoms with Crippen molar-refractivity contribution >= 4 is 23.5 Å². The number of amides is 1. The molecule has 1 aromatic rings. The van der Waals surface area contributed by atoms with Gasteiger partial charge in [-0.2, -0.15) is 0 Å². The maximum Gasteiger partial charge on any atom is 0.318 e. The number of hydrogen-bond acceptors (Lipinski definition) is 5. The number of carbonyl (C=O) groups excluding carboxylic acids is 1. The van der Waals surface area contributed by atoms with Gasteiger partial charge in [-0.05, 0) is 6.42 Å². The highest BCUT2D eigenvalue weighted by Gasteiger charge is 2.35. The van der Waals surface area contributed by atoms with E-state index in [9.17, 15) is 4.79 Å². The first kappa shape index (κ1) is 9.26. The summed E-state index contributed by atoms with van der Waals surface area (Å²) in [6.45, 7) is 0.706. The molecule has 0 radical (unpaired) electrons. The summed E-state index contributed by atoms with van der Waals surface area (Å²) in [4.78, 5) is 12.6. The maximum atomic E-state index is 10.9. The van der Waals surface area contributed by atoms with Crippen LogP contribution in [0.4, 0.5) is 6.01 Å². The molecule has 0 saturated carbocycles. The first-order valence-electron chi connectivity index (χ1n) is 4.16. The normalized spacial score (nSPS) is 20.6. The SMILES string of the molecule is NC(=O)C1CCN1c1nnc(CCl)o1. The lowest BCUT2D eigenvalue weighted by molar-refractivity contribution is -0.120. The molecular formula is C7H9ClN4O2. The average molecular weight is 217 g/mol. The molecule has 2 rings (SSSR count). The molecule has 0 aliphatic carbocycles. The summed E-state index contributed by atoms with van der Waals surface area (Å²) in [7, 11) is 0. The van der Waals surface area contributed by atoms with E-state index in [0.717, 1.165) is 6.42 Å². The molecule has 0 bridgehead atoms. The zero-order valence-corrected chi connectivity index (χ0v) is 8.07. The van der Waals surface area contributed by atoms with Gasteiger partial charge in [0.2, 0.25) is 11.8 Å². The molecule has 1 aliphatic heterocycles. The minimum atomic E-state index is -0.373. The molecule has 1 atom stereocenters. The van der Waals surface area contributed by atoms with Crippen molar-refractivity contribution in [2.45, 2.75) is 18.3 Å². The minimum absolute atomic E-state index is 0.169. The number of nitrogens with two attached hydrogens (primary N) is 1. The van der Waals surface area contributed by atoms with E-state index in [-0.39, 0.29) is 17.8 Å². The number of hydrogen-bond donors (Lipinski definition) is 1. The molecule has 76 valence electrons. The molecule has 1 fully saturated rings. The molecule has 14 heavy (non-hydrogen) atoms. The fourth-order valence-electron chi connectivity index (χ4n) is 1.33. The Morgan fingerprint density at radius 2 is 2.50 bits per heavy atom. The van der Waals surface area contributed by atoms with Gasteiger partial charge in [0.25, 0.3) is 0 Å². The van der Waals surface area contributed by atoms with Crippen LogP contribution in [0.3, 0.4) is 0 Å². The first-order valence-corrected chi connectivity index (χ1v) is 4.70. The molecular weight excluding hydrogens is 208 g/mol. The van der Waals surface area contributed by atoms with Crippen molar-refractivity contribution in [1.82, 2.24) is 10.2 Å². The van der Waals surface area contributed by atoms with Gasteiger partial charge in [0.15, 0.2) is 0 Å². The van der Waals surface area contributed by atoms with E-state index in [2.05, 4.69) is 10.2 Å². The van der Waals surface area contributed by atoms with E-state index in [1.807, 2.05) is 0 Å². The molecule has 2 N–H and O–H groups in total. The Balaban J connectivity index is 2.12. The van der Waals surface area contributed by atoms with E-state index in [1.165, 1.54) is 0 Å². The molecule has 1 saturated heterocycles. The van der Waals surface area contributed by atoms with Crippen LogP contribution in [0.1, 0.15) is 12.3 Å². The Morgan fingerprint density at radius 3 is 2.93 bits per heavy atom. The van der Waals surface area contributed by atoms with Crippen LogP contribution in [0, 0.1) is 0 Å². The molecule has 1 aliphatic rings. The van der Waals surface area contributed by atoms with Crippen LogP contribution >= 0.6 is 11.6 Å². The van der Waals surface area contributed by atoms with Crippen LogP contribution in [0.2, 0.25) is 0 Å². The first-order chi connectivity index (χ1) is 6.72. The van der Waals surface area contributed by atoms with E-state index >= 15 is 0 Å². The van der Waals surface area contributed by atoms with Crippen molar-refractivity contribution in [1.29, 1.82) is 0 Å². The topological polar surface area (TPSA) is 85.3 Å². The van der Waals surface area contributed by atoms with E-state index in [1.54, 1.807) is 4.90 Å². The highest BCUT2D eigenvalue weighted by molar-refractivity contribution is 6.16. The Morgan fingerprint density at radius 1 is 1.71 bits per heavy atom. The van der Waals surface area contributed by atoms with Crippen LogP contribution in [0.15, 0.2) is 4.42 Å². The van der Waals surface area contributed by atoms with E-state index in [0.29, 0.717) is 18.5 Å². The molecule has 6 nitrogen and oxygen atoms in total. The quantitative estimate of drug-likeness (QED) is 0.712. The van der Waals surface area contributed by atoms with Crippen molar-refractivity contribution in [3.63, 3.8) is 0 Å². The van der Waals surface area contributed by atoms with Crippen molar-refractivity contribution in [3.8, 4) is 0 Å². The summed E-state index contributed by atoms with van der Waals surface area (Å²) in [5.41, 5.74) is 5.17. The van der Waals surface area contributed by atoms with Gasteiger partial charge in [0.05, 0.1) is 0 Å². The third kappa shape index (κ3) is 1.41. The second kappa shape index (κ2) is 3.45. The fraction of sp³-hybridized carbons (Fsp3) is 0.571. The Bertz CT molecular complexity index is 353. The number of nitrogens with zero attached hydrogens (tertiary/aromatic N) is 3. The fourth-order valence-corrected chi connectivity index (χ4v) is 1.43. The lowest BCUT2D eigenvalue weighted by Crippen LogP contribution is -2.55. The van der Waals surface area contributed by atoms with Gasteiger partial charge in [0, 0.05) is 6.54 Å². The summed E-state index contributed by atoms with van der Waals surface area (Å²) in [6.07, 6.45) is 0.730. The molecule has 1 unspecified atom stereocenters. The Hall–Kier alpha value is -1.30. The third-order valence-electron chi connectivity index (χ3n) is 2.16. The van der Waals surface area contributed by atoms with Crippen molar-refractivity contribution in [3.05, 3.63) is 5.89 Å². The van der Waals surface area contributed by atoms with Gasteiger partial charge in [-0.25, -0.2) is 0 Å². The monoisotopic (exact) mass is 216 g/mol. The third-order valence-corrected chi connectivity index (χ3v) is 2.39. The van der Waals surface area contributed by atoms with Crippen molar-refractivity contribution in [2.75, 3.05) is 11.4 Å². The summed E-state index contributed by atoms with van der Waals surface area (Å²) < 4.78 is 5.18. The van der Waals surface area contributed by atoms with Crippen LogP contribution in [-0.4, -0.2) is 28.7 Å². The lowest BCUT2D eigenvalue weighted by atomic mass is 10.0. The number of aromatic nitrogens is 2. The largest absolute Gasteiger partial charge is 0.407 e. The number of rotatable bonds is 3. The van der Waals surface area contributed by atoms with E-state index in [4.69, 9.17) is 21.8 Å². The maximum absolute atomic E-state index is 10.9. The Labute approximate surface area is 85.0 Å². The van der Waals surface area contributed by atoms with Crippen LogP contribution in [-0.2, 0) is 10.7 Å². The molecule has 2 heterocycles. The average Bonchev–Trinajstić information content (AvgIpc) is 2.49. The predicted octanol–water partition coefficient (Wildman–Crippen LogP) is -0.128. The highest BCUT2D eigenvalue weighted by Crippen LogP contribution is 2.24. The van der Waals surface area contributed by atoms with Crippen LogP contribution in [0.25, 0.3) is 0 Å². The molecule has 1 aromatic heterocycles. The molecule has 0 spiro atoms. The zero-order chi connectivity index (χ0) is 10.1. The summed E-state index contributed by atoms with van der Waals surface area (Å²) in [6, 6.07) is -0.00525. The number of anilines is 1. The number of carbonyl (C=O) groups is 1. The van der Waals surface area contributed by atoms with Gasteiger partial charge < -0.3 is 15.1 Å². The summed E-state index contributed by atoms with van der Waals surface area (Å²) >= 11 is 5.50. The van der Waals surface area contributed by atoms with Gasteiger partial charge in [-0.15, -0.1) is 16.7 Å². The standard InChI is InChI=1S/C7H9ClN4O2/c8-3-5-10-11-7(14-5)12-2-1-4(12)6(9)13/h4H,1-3H2,(H2,9,13). The smallest absolute Gasteiger partial charge is 0.318 e. The van der Waals surface area contributed by atoms with Crippen molar-refractivity contribution in [2.24, 2.45) is 5.73 Å². The second-order valence-electron chi connectivity index (χ2n) is 3.01. The second-order valence-corrected chi connectivity index (χ2v) is 3.28.